The lowest BCUT2D eigenvalue weighted by atomic mass is 9.95. The summed E-state index contributed by atoms with van der Waals surface area (Å²) >= 11 is 1.39. The van der Waals surface area contributed by atoms with E-state index in [-0.39, 0.29) is 18.4 Å². The van der Waals surface area contributed by atoms with E-state index >= 15 is 0 Å². The second-order valence-corrected chi connectivity index (χ2v) is 9.76. The molecule has 1 fully saturated rings. The van der Waals surface area contributed by atoms with Crippen LogP contribution in [0.4, 0.5) is 26.3 Å². The number of ether oxygens (including phenoxy) is 1. The summed E-state index contributed by atoms with van der Waals surface area (Å²) in [5.74, 6) is -1.00. The van der Waals surface area contributed by atoms with Gasteiger partial charge in [0.1, 0.15) is 5.75 Å². The highest BCUT2D eigenvalue weighted by Gasteiger charge is 2.39. The number of esters is 1. The van der Waals surface area contributed by atoms with Crippen molar-refractivity contribution < 1.29 is 40.7 Å². The summed E-state index contributed by atoms with van der Waals surface area (Å²) in [4.78, 5) is 31.0. The van der Waals surface area contributed by atoms with E-state index in [1.165, 1.54) is 11.3 Å². The normalized spacial score (nSPS) is 15.4. The van der Waals surface area contributed by atoms with Crippen molar-refractivity contribution in [2.75, 3.05) is 19.6 Å². The van der Waals surface area contributed by atoms with Crippen molar-refractivity contribution in [3.8, 4) is 5.75 Å². The molecule has 0 spiro atoms. The molecule has 202 valence electrons. The van der Waals surface area contributed by atoms with E-state index in [1.807, 2.05) is 0 Å². The molecule has 2 heterocycles. The Morgan fingerprint density at radius 1 is 0.974 bits per heavy atom. The Morgan fingerprint density at radius 2 is 1.66 bits per heavy atom. The number of hydrogen-bond donors (Lipinski definition) is 0. The third-order valence-electron chi connectivity index (χ3n) is 6.13. The molecule has 0 aliphatic carbocycles. The molecule has 1 aliphatic rings. The predicted molar refractivity (Wildman–Crippen MR) is 127 cm³/mol. The van der Waals surface area contributed by atoms with Gasteiger partial charge in [0.2, 0.25) is 0 Å². The summed E-state index contributed by atoms with van der Waals surface area (Å²) in [5, 5.41) is 2.57. The van der Waals surface area contributed by atoms with Gasteiger partial charge in [-0.2, -0.15) is 26.3 Å². The number of benzene rings is 2. The maximum absolute atomic E-state index is 13.4. The van der Waals surface area contributed by atoms with Crippen molar-refractivity contribution in [1.82, 2.24) is 9.88 Å². The molecule has 12 heteroatoms. The lowest BCUT2D eigenvalue weighted by Gasteiger charge is -2.30. The van der Waals surface area contributed by atoms with Crippen molar-refractivity contribution in [1.29, 1.82) is 0 Å². The molecular weight excluding hydrogens is 534 g/mol. The van der Waals surface area contributed by atoms with E-state index in [4.69, 9.17) is 4.74 Å². The molecule has 0 N–H and O–H groups in total. The first-order valence-corrected chi connectivity index (χ1v) is 12.5. The molecule has 1 aromatic heterocycles. The Labute approximate surface area is 218 Å². The average molecular weight is 557 g/mol. The minimum absolute atomic E-state index is 0.00271. The second kappa shape index (κ2) is 11.2. The van der Waals surface area contributed by atoms with Crippen LogP contribution in [0.25, 0.3) is 0 Å². The molecule has 0 unspecified atom stereocenters. The van der Waals surface area contributed by atoms with Crippen LogP contribution in [0.3, 0.4) is 0 Å². The predicted octanol–water partition coefficient (Wildman–Crippen LogP) is 6.39. The molecule has 0 atom stereocenters. The molecule has 3 aromatic rings. The molecular formula is C26H22F6N2O3S. The van der Waals surface area contributed by atoms with Gasteiger partial charge in [-0.15, -0.1) is 11.3 Å². The Hall–Kier alpha value is -3.25. The minimum atomic E-state index is -4.96. The van der Waals surface area contributed by atoms with Crippen LogP contribution in [0, 0.1) is 0 Å². The van der Waals surface area contributed by atoms with Crippen LogP contribution in [0.2, 0.25) is 0 Å². The van der Waals surface area contributed by atoms with E-state index in [1.54, 1.807) is 40.6 Å². The highest BCUT2D eigenvalue weighted by molar-refractivity contribution is 7.09. The molecule has 38 heavy (non-hydrogen) atoms. The number of Topliss-reactive ketones (excluding diaryl/α,β-unsaturated/α-hetero) is 1. The summed E-state index contributed by atoms with van der Waals surface area (Å²) in [6.07, 6.45) is -8.72. The largest absolute Gasteiger partial charge is 0.426 e. The van der Waals surface area contributed by atoms with Gasteiger partial charge in [0, 0.05) is 16.9 Å². The SMILES string of the molecule is O=C(Cc1csc(C2CCN(CC(=O)c3cc(C(F)(F)F)ccc3C(F)(F)F)CC2)n1)Oc1ccccc1. The molecule has 2 aromatic carbocycles. The number of carbonyl (C=O) groups is 2. The number of aromatic nitrogens is 1. The Kier molecular flexibility index (Phi) is 8.22. The summed E-state index contributed by atoms with van der Waals surface area (Å²) in [7, 11) is 0. The van der Waals surface area contributed by atoms with Crippen LogP contribution >= 0.6 is 11.3 Å². The van der Waals surface area contributed by atoms with Gasteiger partial charge in [0.15, 0.2) is 5.78 Å². The number of ketones is 1. The molecule has 4 rings (SSSR count). The van der Waals surface area contributed by atoms with Crippen LogP contribution < -0.4 is 4.74 Å². The van der Waals surface area contributed by atoms with Crippen LogP contribution in [-0.4, -0.2) is 41.3 Å². The monoisotopic (exact) mass is 556 g/mol. The van der Waals surface area contributed by atoms with Crippen molar-refractivity contribution in [3.63, 3.8) is 0 Å². The third-order valence-corrected chi connectivity index (χ3v) is 7.18. The molecule has 0 saturated carbocycles. The van der Waals surface area contributed by atoms with Gasteiger partial charge < -0.3 is 4.74 Å². The summed E-state index contributed by atoms with van der Waals surface area (Å²) in [5.41, 5.74) is -3.11. The maximum atomic E-state index is 13.4. The first kappa shape index (κ1) is 27.8. The first-order valence-electron chi connectivity index (χ1n) is 11.6. The lowest BCUT2D eigenvalue weighted by Crippen LogP contribution is -2.37. The number of rotatable bonds is 7. The number of alkyl halides is 6. The van der Waals surface area contributed by atoms with Crippen molar-refractivity contribution in [3.05, 3.63) is 81.3 Å². The van der Waals surface area contributed by atoms with Gasteiger partial charge in [0.25, 0.3) is 0 Å². The number of thiazole rings is 1. The van der Waals surface area contributed by atoms with Gasteiger partial charge in [-0.25, -0.2) is 4.98 Å². The lowest BCUT2D eigenvalue weighted by molar-refractivity contribution is -0.141. The molecule has 0 bridgehead atoms. The zero-order chi connectivity index (χ0) is 27.5. The number of piperidine rings is 1. The van der Waals surface area contributed by atoms with Crippen LogP contribution in [-0.2, 0) is 23.6 Å². The van der Waals surface area contributed by atoms with Crippen molar-refractivity contribution >= 4 is 23.1 Å². The van der Waals surface area contributed by atoms with Gasteiger partial charge >= 0.3 is 18.3 Å². The highest BCUT2D eigenvalue weighted by atomic mass is 32.1. The van der Waals surface area contributed by atoms with E-state index < -0.39 is 47.3 Å². The van der Waals surface area contributed by atoms with Gasteiger partial charge in [-0.1, -0.05) is 18.2 Å². The standard InChI is InChI=1S/C26H22F6N2O3S/c27-25(28,29)17-6-7-21(26(30,31)32)20(12-17)22(35)14-34-10-8-16(9-11-34)24-33-18(15-38-24)13-23(36)37-19-4-2-1-3-5-19/h1-7,12,15-16H,8-11,13-14H2. The molecule has 1 saturated heterocycles. The zero-order valence-corrected chi connectivity index (χ0v) is 20.6. The number of halogens is 6. The van der Waals surface area contributed by atoms with E-state index in [0.29, 0.717) is 49.5 Å². The fourth-order valence-corrected chi connectivity index (χ4v) is 5.21. The van der Waals surface area contributed by atoms with Gasteiger partial charge in [0.05, 0.1) is 34.8 Å². The number of para-hydroxylation sites is 1. The van der Waals surface area contributed by atoms with Gasteiger partial charge in [-0.3, -0.25) is 14.5 Å². The van der Waals surface area contributed by atoms with Crippen LogP contribution in [0.5, 0.6) is 5.75 Å². The third kappa shape index (κ3) is 6.98. The molecule has 0 amide bonds. The summed E-state index contributed by atoms with van der Waals surface area (Å²) in [6.45, 7) is 0.301. The smallest absolute Gasteiger partial charge is 0.417 e. The number of nitrogens with zero attached hydrogens (tertiary/aromatic N) is 2. The average Bonchev–Trinajstić information content (AvgIpc) is 3.32. The molecule has 0 radical (unpaired) electrons. The van der Waals surface area contributed by atoms with Crippen LogP contribution in [0.15, 0.2) is 53.9 Å². The fraction of sp³-hybridized carbons (Fsp3) is 0.346. The zero-order valence-electron chi connectivity index (χ0n) is 19.8. The minimum Gasteiger partial charge on any atom is -0.426 e. The Balaban J connectivity index is 1.34. The number of carbonyl (C=O) groups excluding carboxylic acids is 2. The van der Waals surface area contributed by atoms with Gasteiger partial charge in [-0.05, 0) is 56.3 Å². The molecule has 1 aliphatic heterocycles. The summed E-state index contributed by atoms with van der Waals surface area (Å²) in [6, 6.07) is 9.54. The van der Waals surface area contributed by atoms with Crippen molar-refractivity contribution in [2.45, 2.75) is 37.5 Å². The van der Waals surface area contributed by atoms with Crippen LogP contribution in [0.1, 0.15) is 50.9 Å². The number of hydrogen-bond acceptors (Lipinski definition) is 6. The van der Waals surface area contributed by atoms with E-state index in [9.17, 15) is 35.9 Å². The highest BCUT2D eigenvalue weighted by Crippen LogP contribution is 2.37. The maximum Gasteiger partial charge on any atom is 0.417 e. The second-order valence-electron chi connectivity index (χ2n) is 8.87. The number of likely N-dealkylation sites (tertiary alicyclic amines) is 1. The first-order chi connectivity index (χ1) is 17.9. The topological polar surface area (TPSA) is 59.5 Å². The molecule has 5 nitrogen and oxygen atoms in total. The Morgan fingerprint density at radius 3 is 2.29 bits per heavy atom. The van der Waals surface area contributed by atoms with Crippen molar-refractivity contribution in [2.24, 2.45) is 0 Å². The quantitative estimate of drug-likeness (QED) is 0.146. The Bertz CT molecular complexity index is 1280. The van der Waals surface area contributed by atoms with E-state index in [2.05, 4.69) is 4.98 Å². The van der Waals surface area contributed by atoms with E-state index in [0.717, 1.165) is 5.01 Å². The summed E-state index contributed by atoms with van der Waals surface area (Å²) < 4.78 is 84.5. The fourth-order valence-electron chi connectivity index (χ4n) is 4.22.